The van der Waals surface area contributed by atoms with Crippen molar-refractivity contribution in [3.05, 3.63) is 33.8 Å². The molecule has 2 N–H and O–H groups in total. The van der Waals surface area contributed by atoms with E-state index in [0.29, 0.717) is 0 Å². The number of hydrogen-bond acceptors (Lipinski definition) is 5. The van der Waals surface area contributed by atoms with Crippen LogP contribution in [0.15, 0.2) is 33.2 Å². The van der Waals surface area contributed by atoms with E-state index in [-0.39, 0.29) is 11.4 Å². The second kappa shape index (κ2) is 4.80. The van der Waals surface area contributed by atoms with E-state index in [1.807, 2.05) is 16.8 Å². The average molecular weight is 202 g/mol. The number of allylic oxidation sites excluding steroid dienone is 2. The molecule has 14 heavy (non-hydrogen) atoms. The Balaban J connectivity index is 2.89. The van der Waals surface area contributed by atoms with Gasteiger partial charge in [-0.15, -0.1) is 0 Å². The molecule has 1 heterocycles. The van der Waals surface area contributed by atoms with Crippen molar-refractivity contribution >= 4 is 17.6 Å². The van der Waals surface area contributed by atoms with Gasteiger partial charge in [-0.25, -0.2) is 4.99 Å². The molecule has 0 saturated heterocycles. The molecule has 0 fully saturated rings. The van der Waals surface area contributed by atoms with Crippen LogP contribution in [0.4, 0.5) is 0 Å². The van der Waals surface area contributed by atoms with E-state index in [1.54, 1.807) is 12.1 Å². The van der Waals surface area contributed by atoms with Crippen LogP contribution in [0.25, 0.3) is 0 Å². The quantitative estimate of drug-likeness (QED) is 0.580. The van der Waals surface area contributed by atoms with E-state index in [9.17, 15) is 0 Å². The Morgan fingerprint density at radius 1 is 1.50 bits per heavy atom. The first-order valence-electron chi connectivity index (χ1n) is 3.64. The largest absolute Gasteiger partial charge is 0.388 e. The zero-order valence-corrected chi connectivity index (χ0v) is 7.95. The lowest BCUT2D eigenvalue weighted by Gasteiger charge is -1.88. The van der Waals surface area contributed by atoms with Crippen molar-refractivity contribution in [3.8, 4) is 12.1 Å². The predicted molar refractivity (Wildman–Crippen MR) is 54.4 cm³/mol. The number of rotatable bonds is 2. The van der Waals surface area contributed by atoms with Gasteiger partial charge in [0.1, 0.15) is 17.8 Å². The standard InChI is InChI=1S/C9H6N4S/c10-3-8(12)9(4-11)13-5-7-1-2-14-6-7/h1-2,5-6H,12H2/b9-8+,13-5?. The van der Waals surface area contributed by atoms with Gasteiger partial charge in [0, 0.05) is 11.8 Å². The molecule has 0 aromatic carbocycles. The smallest absolute Gasteiger partial charge is 0.174 e. The highest BCUT2D eigenvalue weighted by molar-refractivity contribution is 7.08. The molecule has 0 aliphatic rings. The van der Waals surface area contributed by atoms with E-state index in [1.165, 1.54) is 17.6 Å². The summed E-state index contributed by atoms with van der Waals surface area (Å²) in [5.41, 5.74) is 5.91. The summed E-state index contributed by atoms with van der Waals surface area (Å²) < 4.78 is 0. The van der Waals surface area contributed by atoms with Gasteiger partial charge < -0.3 is 5.73 Å². The highest BCUT2D eigenvalue weighted by atomic mass is 32.1. The van der Waals surface area contributed by atoms with Crippen molar-refractivity contribution in [3.63, 3.8) is 0 Å². The Morgan fingerprint density at radius 3 is 2.79 bits per heavy atom. The zero-order chi connectivity index (χ0) is 10.4. The summed E-state index contributed by atoms with van der Waals surface area (Å²) >= 11 is 1.53. The molecule has 0 bridgehead atoms. The highest BCUT2D eigenvalue weighted by Gasteiger charge is 1.98. The lowest BCUT2D eigenvalue weighted by molar-refractivity contribution is 1.27. The molecule has 0 aliphatic heterocycles. The van der Waals surface area contributed by atoms with Crippen molar-refractivity contribution in [1.82, 2.24) is 0 Å². The Kier molecular flexibility index (Phi) is 3.42. The third-order valence-electron chi connectivity index (χ3n) is 1.37. The second-order valence-electron chi connectivity index (χ2n) is 2.30. The molecule has 5 heteroatoms. The lowest BCUT2D eigenvalue weighted by atomic mass is 10.3. The summed E-state index contributed by atoms with van der Waals surface area (Å²) in [7, 11) is 0. The molecule has 0 radical (unpaired) electrons. The summed E-state index contributed by atoms with van der Waals surface area (Å²) in [6.45, 7) is 0. The fourth-order valence-corrected chi connectivity index (χ4v) is 1.31. The minimum Gasteiger partial charge on any atom is -0.388 e. The Hall–Kier alpha value is -2.11. The molecule has 4 nitrogen and oxygen atoms in total. The normalized spacial score (nSPS) is 11.9. The SMILES string of the molecule is N#C/C(N)=C(/C#N)N=Cc1ccsc1. The van der Waals surface area contributed by atoms with Crippen LogP contribution in [-0.4, -0.2) is 6.21 Å². The molecule has 0 spiro atoms. The van der Waals surface area contributed by atoms with Crippen molar-refractivity contribution in [2.45, 2.75) is 0 Å². The van der Waals surface area contributed by atoms with E-state index in [2.05, 4.69) is 4.99 Å². The van der Waals surface area contributed by atoms with Crippen LogP contribution in [0.1, 0.15) is 5.56 Å². The van der Waals surface area contributed by atoms with Crippen molar-refractivity contribution < 1.29 is 0 Å². The van der Waals surface area contributed by atoms with Crippen LogP contribution in [-0.2, 0) is 0 Å². The minimum absolute atomic E-state index is 0.0568. The van der Waals surface area contributed by atoms with Gasteiger partial charge in [-0.05, 0) is 16.8 Å². The monoisotopic (exact) mass is 202 g/mol. The van der Waals surface area contributed by atoms with Crippen molar-refractivity contribution in [1.29, 1.82) is 10.5 Å². The molecule has 1 aromatic heterocycles. The third kappa shape index (κ3) is 2.44. The fourth-order valence-electron chi connectivity index (χ4n) is 0.699. The summed E-state index contributed by atoms with van der Waals surface area (Å²) in [6, 6.07) is 5.28. The molecule has 1 rings (SSSR count). The molecule has 1 aromatic rings. The molecule has 68 valence electrons. The molecule has 0 unspecified atom stereocenters. The predicted octanol–water partition coefficient (Wildman–Crippen LogP) is 1.38. The van der Waals surface area contributed by atoms with Crippen LogP contribution < -0.4 is 5.73 Å². The third-order valence-corrected chi connectivity index (χ3v) is 2.07. The van der Waals surface area contributed by atoms with Gasteiger partial charge in [0.05, 0.1) is 0 Å². The van der Waals surface area contributed by atoms with Crippen LogP contribution in [0.2, 0.25) is 0 Å². The van der Waals surface area contributed by atoms with Gasteiger partial charge in [0.2, 0.25) is 0 Å². The maximum atomic E-state index is 8.61. The van der Waals surface area contributed by atoms with Gasteiger partial charge in [0.15, 0.2) is 5.70 Å². The fraction of sp³-hybridized carbons (Fsp3) is 0. The van der Waals surface area contributed by atoms with Gasteiger partial charge >= 0.3 is 0 Å². The van der Waals surface area contributed by atoms with Gasteiger partial charge in [-0.3, -0.25) is 0 Å². The number of aliphatic imine (C=N–C) groups is 1. The first kappa shape index (κ1) is 9.97. The van der Waals surface area contributed by atoms with Crippen LogP contribution in [0, 0.1) is 22.7 Å². The van der Waals surface area contributed by atoms with Gasteiger partial charge in [-0.1, -0.05) is 0 Å². The van der Waals surface area contributed by atoms with Crippen molar-refractivity contribution in [2.24, 2.45) is 10.7 Å². The average Bonchev–Trinajstić information content (AvgIpc) is 2.71. The number of thiophene rings is 1. The Labute approximate surface area is 85.2 Å². The summed E-state index contributed by atoms with van der Waals surface area (Å²) in [6.07, 6.45) is 1.50. The van der Waals surface area contributed by atoms with Gasteiger partial charge in [-0.2, -0.15) is 21.9 Å². The second-order valence-corrected chi connectivity index (χ2v) is 3.08. The topological polar surface area (TPSA) is 86.0 Å². The summed E-state index contributed by atoms with van der Waals surface area (Å²) in [4.78, 5) is 3.81. The first-order chi connectivity index (χ1) is 6.77. The molecule has 0 aliphatic carbocycles. The number of nitriles is 2. The van der Waals surface area contributed by atoms with E-state index in [0.717, 1.165) is 5.56 Å². The molecule has 0 atom stereocenters. The van der Waals surface area contributed by atoms with Crippen LogP contribution >= 0.6 is 11.3 Å². The Morgan fingerprint density at radius 2 is 2.29 bits per heavy atom. The first-order valence-corrected chi connectivity index (χ1v) is 4.58. The molecular formula is C9H6N4S. The van der Waals surface area contributed by atoms with E-state index >= 15 is 0 Å². The van der Waals surface area contributed by atoms with E-state index < -0.39 is 0 Å². The van der Waals surface area contributed by atoms with Gasteiger partial charge in [0.25, 0.3) is 0 Å². The Bertz CT molecular complexity index is 442. The molecule has 0 saturated carbocycles. The maximum Gasteiger partial charge on any atom is 0.174 e. The highest BCUT2D eigenvalue weighted by Crippen LogP contribution is 2.04. The van der Waals surface area contributed by atoms with Crippen LogP contribution in [0.5, 0.6) is 0 Å². The lowest BCUT2D eigenvalue weighted by Crippen LogP contribution is -1.97. The minimum atomic E-state index is -0.168. The van der Waals surface area contributed by atoms with E-state index in [4.69, 9.17) is 16.3 Å². The number of nitrogens with two attached hydrogens (primary N) is 1. The number of hydrogen-bond donors (Lipinski definition) is 1. The summed E-state index contributed by atoms with van der Waals surface area (Å²) in [5, 5.41) is 20.8. The maximum absolute atomic E-state index is 8.61. The zero-order valence-electron chi connectivity index (χ0n) is 7.14. The number of nitrogens with zero attached hydrogens (tertiary/aromatic N) is 3. The molecular weight excluding hydrogens is 196 g/mol. The summed E-state index contributed by atoms with van der Waals surface area (Å²) in [5.74, 6) is 0. The van der Waals surface area contributed by atoms with Crippen LogP contribution in [0.3, 0.4) is 0 Å². The van der Waals surface area contributed by atoms with Crippen molar-refractivity contribution in [2.75, 3.05) is 0 Å². The molecule has 0 amide bonds.